The second-order valence-electron chi connectivity index (χ2n) is 7.48. The molecular weight excluding hydrogens is 366 g/mol. The maximum Gasteiger partial charge on any atom is 0.242 e. The van der Waals surface area contributed by atoms with Crippen molar-refractivity contribution in [2.75, 3.05) is 6.54 Å². The van der Waals surface area contributed by atoms with Gasteiger partial charge in [0.05, 0.1) is 6.04 Å². The van der Waals surface area contributed by atoms with Crippen LogP contribution in [0.3, 0.4) is 0 Å². The van der Waals surface area contributed by atoms with Crippen molar-refractivity contribution in [2.45, 2.75) is 52.1 Å². The molecule has 0 saturated heterocycles. The number of carbonyl (C=O) groups excluding carboxylic acids is 2. The first kappa shape index (κ1) is 22.4. The van der Waals surface area contributed by atoms with Crippen LogP contribution in [-0.2, 0) is 22.4 Å². The Bertz CT molecular complexity index is 814. The van der Waals surface area contributed by atoms with Crippen molar-refractivity contribution in [2.24, 2.45) is 5.73 Å². The summed E-state index contributed by atoms with van der Waals surface area (Å²) in [5.74, 6) is -0.404. The minimum absolute atomic E-state index is 0.194. The first-order valence-electron chi connectivity index (χ1n) is 9.94. The lowest BCUT2D eigenvalue weighted by Gasteiger charge is -2.19. The lowest BCUT2D eigenvalue weighted by Crippen LogP contribution is -2.51. The number of nitrogens with one attached hydrogen (secondary N) is 2. The molecule has 2 aromatic carbocycles. The van der Waals surface area contributed by atoms with Gasteiger partial charge in [-0.1, -0.05) is 30.3 Å². The van der Waals surface area contributed by atoms with E-state index in [2.05, 4.69) is 22.8 Å². The Morgan fingerprint density at radius 1 is 1.07 bits per heavy atom. The summed E-state index contributed by atoms with van der Waals surface area (Å²) in [6.07, 6.45) is 2.06. The van der Waals surface area contributed by atoms with E-state index in [1.54, 1.807) is 19.1 Å². The van der Waals surface area contributed by atoms with Gasteiger partial charge in [-0.2, -0.15) is 0 Å². The highest BCUT2D eigenvalue weighted by Crippen LogP contribution is 2.21. The van der Waals surface area contributed by atoms with E-state index in [1.165, 1.54) is 5.56 Å². The lowest BCUT2D eigenvalue weighted by atomic mass is 9.96. The standard InChI is InChI=1S/C23H31N3O3/c1-15-12-19(27)13-16(2)20(15)14-21(24)23(29)26-17(3)22(28)25-11-7-10-18-8-5-4-6-9-18/h4-6,8-9,12-13,17,21,27H,7,10-11,14,24H2,1-3H3,(H,25,28)(H,26,29)/t17-,21+/m1/s1. The third kappa shape index (κ3) is 6.91. The SMILES string of the molecule is Cc1cc(O)cc(C)c1C[C@H](N)C(=O)N[C@H](C)C(=O)NCCCc1ccccc1. The van der Waals surface area contributed by atoms with E-state index in [9.17, 15) is 14.7 Å². The van der Waals surface area contributed by atoms with E-state index in [0.29, 0.717) is 13.0 Å². The van der Waals surface area contributed by atoms with Crippen LogP contribution in [0, 0.1) is 13.8 Å². The van der Waals surface area contributed by atoms with Crippen LogP contribution >= 0.6 is 0 Å². The molecule has 6 nitrogen and oxygen atoms in total. The molecule has 2 rings (SSSR count). The monoisotopic (exact) mass is 397 g/mol. The fourth-order valence-electron chi connectivity index (χ4n) is 3.29. The van der Waals surface area contributed by atoms with Crippen molar-refractivity contribution in [1.29, 1.82) is 0 Å². The molecule has 2 atom stereocenters. The topological polar surface area (TPSA) is 104 Å². The molecule has 0 aromatic heterocycles. The molecule has 0 spiro atoms. The summed E-state index contributed by atoms with van der Waals surface area (Å²) in [4.78, 5) is 24.6. The first-order chi connectivity index (χ1) is 13.8. The summed E-state index contributed by atoms with van der Waals surface area (Å²) >= 11 is 0. The highest BCUT2D eigenvalue weighted by Gasteiger charge is 2.21. The van der Waals surface area contributed by atoms with Crippen molar-refractivity contribution < 1.29 is 14.7 Å². The minimum atomic E-state index is -0.773. The highest BCUT2D eigenvalue weighted by atomic mass is 16.3. The van der Waals surface area contributed by atoms with E-state index in [-0.39, 0.29) is 17.6 Å². The maximum atomic E-state index is 12.4. The molecule has 6 heteroatoms. The molecular formula is C23H31N3O3. The fourth-order valence-corrected chi connectivity index (χ4v) is 3.29. The third-order valence-corrected chi connectivity index (χ3v) is 4.98. The molecule has 0 heterocycles. The van der Waals surface area contributed by atoms with Gasteiger partial charge < -0.3 is 21.5 Å². The van der Waals surface area contributed by atoms with Gasteiger partial charge in [-0.3, -0.25) is 9.59 Å². The number of aryl methyl sites for hydroxylation is 3. The average Bonchev–Trinajstić information content (AvgIpc) is 2.68. The van der Waals surface area contributed by atoms with Crippen molar-refractivity contribution in [1.82, 2.24) is 10.6 Å². The zero-order chi connectivity index (χ0) is 21.4. The Kier molecular flexibility index (Phi) is 8.21. The van der Waals surface area contributed by atoms with Gasteiger partial charge in [0.2, 0.25) is 11.8 Å². The molecule has 0 aliphatic rings. The Morgan fingerprint density at radius 3 is 2.31 bits per heavy atom. The van der Waals surface area contributed by atoms with Gasteiger partial charge in [0.25, 0.3) is 0 Å². The van der Waals surface area contributed by atoms with Crippen LogP contribution in [0.15, 0.2) is 42.5 Å². The summed E-state index contributed by atoms with van der Waals surface area (Å²) in [6.45, 7) is 5.94. The Labute approximate surface area is 172 Å². The van der Waals surface area contributed by atoms with E-state index >= 15 is 0 Å². The van der Waals surface area contributed by atoms with Crippen molar-refractivity contribution in [3.05, 3.63) is 64.7 Å². The molecule has 0 radical (unpaired) electrons. The quantitative estimate of drug-likeness (QED) is 0.487. The average molecular weight is 398 g/mol. The molecule has 0 aliphatic heterocycles. The van der Waals surface area contributed by atoms with Gasteiger partial charge in [0, 0.05) is 6.54 Å². The highest BCUT2D eigenvalue weighted by molar-refractivity contribution is 5.89. The molecule has 0 aliphatic carbocycles. The van der Waals surface area contributed by atoms with E-state index in [1.807, 2.05) is 32.0 Å². The number of hydrogen-bond donors (Lipinski definition) is 4. The summed E-state index contributed by atoms with van der Waals surface area (Å²) in [7, 11) is 0. The number of hydrogen-bond acceptors (Lipinski definition) is 4. The van der Waals surface area contributed by atoms with E-state index in [0.717, 1.165) is 29.5 Å². The molecule has 0 saturated carbocycles. The second kappa shape index (κ2) is 10.6. The predicted octanol–water partition coefficient (Wildman–Crippen LogP) is 2.13. The van der Waals surface area contributed by atoms with Crippen molar-refractivity contribution >= 4 is 11.8 Å². The summed E-state index contributed by atoms with van der Waals surface area (Å²) in [5.41, 5.74) is 9.99. The zero-order valence-electron chi connectivity index (χ0n) is 17.4. The van der Waals surface area contributed by atoms with Gasteiger partial charge >= 0.3 is 0 Å². The minimum Gasteiger partial charge on any atom is -0.508 e. The summed E-state index contributed by atoms with van der Waals surface area (Å²) in [6, 6.07) is 12.0. The van der Waals surface area contributed by atoms with Crippen LogP contribution in [0.25, 0.3) is 0 Å². The van der Waals surface area contributed by atoms with E-state index in [4.69, 9.17) is 5.73 Å². The number of phenolic OH excluding ortho intramolecular Hbond substituents is 1. The van der Waals surface area contributed by atoms with Gasteiger partial charge in [-0.05, 0) is 74.4 Å². The third-order valence-electron chi connectivity index (χ3n) is 4.98. The molecule has 0 unspecified atom stereocenters. The largest absolute Gasteiger partial charge is 0.508 e. The summed E-state index contributed by atoms with van der Waals surface area (Å²) < 4.78 is 0. The van der Waals surface area contributed by atoms with Gasteiger partial charge in [-0.15, -0.1) is 0 Å². The predicted molar refractivity (Wildman–Crippen MR) is 115 cm³/mol. The fraction of sp³-hybridized carbons (Fsp3) is 0.391. The lowest BCUT2D eigenvalue weighted by molar-refractivity contribution is -0.129. The number of aromatic hydroxyl groups is 1. The van der Waals surface area contributed by atoms with Gasteiger partial charge in [-0.25, -0.2) is 0 Å². The second-order valence-corrected chi connectivity index (χ2v) is 7.48. The van der Waals surface area contributed by atoms with Crippen LogP contribution in [-0.4, -0.2) is 35.5 Å². The van der Waals surface area contributed by atoms with Crippen LogP contribution < -0.4 is 16.4 Å². The normalized spacial score (nSPS) is 12.8. The summed E-state index contributed by atoms with van der Waals surface area (Å²) in [5, 5.41) is 15.2. The van der Waals surface area contributed by atoms with Crippen LogP contribution in [0.2, 0.25) is 0 Å². The smallest absolute Gasteiger partial charge is 0.242 e. The van der Waals surface area contributed by atoms with Gasteiger partial charge in [0.15, 0.2) is 0 Å². The maximum absolute atomic E-state index is 12.4. The zero-order valence-corrected chi connectivity index (χ0v) is 17.4. The molecule has 2 aromatic rings. The molecule has 2 amide bonds. The number of amides is 2. The van der Waals surface area contributed by atoms with Crippen molar-refractivity contribution in [3.8, 4) is 5.75 Å². The molecule has 0 fully saturated rings. The number of benzene rings is 2. The van der Waals surface area contributed by atoms with Crippen LogP contribution in [0.5, 0.6) is 5.75 Å². The molecule has 5 N–H and O–H groups in total. The Balaban J connectivity index is 1.77. The molecule has 156 valence electrons. The van der Waals surface area contributed by atoms with E-state index < -0.39 is 12.1 Å². The number of carbonyl (C=O) groups is 2. The Morgan fingerprint density at radius 2 is 1.69 bits per heavy atom. The molecule has 29 heavy (non-hydrogen) atoms. The van der Waals surface area contributed by atoms with Crippen LogP contribution in [0.1, 0.15) is 35.6 Å². The Hall–Kier alpha value is -2.86. The van der Waals surface area contributed by atoms with Crippen LogP contribution in [0.4, 0.5) is 0 Å². The van der Waals surface area contributed by atoms with Gasteiger partial charge in [0.1, 0.15) is 11.8 Å². The molecule has 0 bridgehead atoms. The number of phenols is 1. The number of nitrogens with two attached hydrogens (primary N) is 1. The first-order valence-corrected chi connectivity index (χ1v) is 9.94. The van der Waals surface area contributed by atoms with Crippen molar-refractivity contribution in [3.63, 3.8) is 0 Å². The number of rotatable bonds is 9.